The van der Waals surface area contributed by atoms with Crippen LogP contribution in [-0.4, -0.2) is 72.7 Å². The van der Waals surface area contributed by atoms with Crippen molar-refractivity contribution in [2.45, 2.75) is 25.8 Å². The maximum absolute atomic E-state index is 12.8. The van der Waals surface area contributed by atoms with E-state index in [9.17, 15) is 4.79 Å². The molecule has 1 saturated carbocycles. The van der Waals surface area contributed by atoms with E-state index in [1.807, 2.05) is 17.0 Å². The summed E-state index contributed by atoms with van der Waals surface area (Å²) in [5, 5.41) is 0. The summed E-state index contributed by atoms with van der Waals surface area (Å²) in [5.74, 6) is 1.87. The molecule has 6 heteroatoms. The van der Waals surface area contributed by atoms with Gasteiger partial charge in [0.1, 0.15) is 0 Å². The minimum Gasteiger partial charge on any atom is -0.477 e. The zero-order chi connectivity index (χ0) is 17.2. The Morgan fingerprint density at radius 3 is 2.76 bits per heavy atom. The molecule has 25 heavy (non-hydrogen) atoms. The molecule has 3 heterocycles. The minimum absolute atomic E-state index is 0.0730. The topological polar surface area (TPSA) is 54.9 Å². The Bertz CT molecular complexity index is 596. The number of aromatic nitrogens is 1. The average Bonchev–Trinajstić information content (AvgIpc) is 3.41. The van der Waals surface area contributed by atoms with Crippen LogP contribution >= 0.6 is 0 Å². The number of amides is 1. The van der Waals surface area contributed by atoms with Crippen molar-refractivity contribution in [3.8, 4) is 5.88 Å². The summed E-state index contributed by atoms with van der Waals surface area (Å²) in [4.78, 5) is 21.5. The van der Waals surface area contributed by atoms with Crippen LogP contribution in [0.25, 0.3) is 0 Å². The van der Waals surface area contributed by atoms with Gasteiger partial charge in [-0.05, 0) is 30.7 Å². The standard InChI is InChI=1S/C19H27N3O3/c1-14-11-22(12-17(14)21-6-8-24-9-7-21)19(23)16-4-5-18(20-10-16)25-13-15-2-3-15/h4-5,10,14-15,17H,2-3,6-9,11-13H2,1H3/t14-,17+/m0/s1. The molecule has 1 amide bonds. The normalized spacial score (nSPS) is 27.5. The van der Waals surface area contributed by atoms with E-state index in [0.717, 1.165) is 46.0 Å². The van der Waals surface area contributed by atoms with E-state index >= 15 is 0 Å². The molecule has 0 radical (unpaired) electrons. The Morgan fingerprint density at radius 1 is 1.28 bits per heavy atom. The van der Waals surface area contributed by atoms with E-state index < -0.39 is 0 Å². The van der Waals surface area contributed by atoms with Crippen molar-refractivity contribution in [1.29, 1.82) is 0 Å². The quantitative estimate of drug-likeness (QED) is 0.812. The van der Waals surface area contributed by atoms with Gasteiger partial charge in [-0.15, -0.1) is 0 Å². The summed E-state index contributed by atoms with van der Waals surface area (Å²) in [7, 11) is 0. The molecule has 3 fully saturated rings. The Morgan fingerprint density at radius 2 is 2.08 bits per heavy atom. The van der Waals surface area contributed by atoms with Crippen molar-refractivity contribution in [3.05, 3.63) is 23.9 Å². The van der Waals surface area contributed by atoms with Gasteiger partial charge in [-0.3, -0.25) is 9.69 Å². The summed E-state index contributed by atoms with van der Waals surface area (Å²) < 4.78 is 11.1. The SMILES string of the molecule is C[C@H]1CN(C(=O)c2ccc(OCC3CC3)nc2)C[C@H]1N1CCOCC1. The highest BCUT2D eigenvalue weighted by molar-refractivity contribution is 5.94. The molecule has 0 unspecified atom stereocenters. The van der Waals surface area contributed by atoms with Crippen molar-refractivity contribution < 1.29 is 14.3 Å². The van der Waals surface area contributed by atoms with Gasteiger partial charge < -0.3 is 14.4 Å². The molecule has 0 N–H and O–H groups in total. The van der Waals surface area contributed by atoms with Crippen LogP contribution in [0.15, 0.2) is 18.3 Å². The van der Waals surface area contributed by atoms with Gasteiger partial charge in [-0.2, -0.15) is 0 Å². The van der Waals surface area contributed by atoms with Gasteiger partial charge in [-0.25, -0.2) is 4.98 Å². The molecule has 1 aromatic heterocycles. The Hall–Kier alpha value is -1.66. The van der Waals surface area contributed by atoms with Gasteiger partial charge in [0, 0.05) is 44.5 Å². The number of pyridine rings is 1. The molecular formula is C19H27N3O3. The van der Waals surface area contributed by atoms with E-state index in [1.54, 1.807) is 6.20 Å². The second kappa shape index (κ2) is 7.30. The van der Waals surface area contributed by atoms with Crippen LogP contribution in [0.3, 0.4) is 0 Å². The van der Waals surface area contributed by atoms with Crippen molar-refractivity contribution in [2.75, 3.05) is 46.0 Å². The van der Waals surface area contributed by atoms with E-state index in [0.29, 0.717) is 29.3 Å². The van der Waals surface area contributed by atoms with Crippen LogP contribution in [0, 0.1) is 11.8 Å². The first-order valence-electron chi connectivity index (χ1n) is 9.40. The number of rotatable bonds is 5. The van der Waals surface area contributed by atoms with Crippen LogP contribution in [0.4, 0.5) is 0 Å². The van der Waals surface area contributed by atoms with E-state index in [-0.39, 0.29) is 5.91 Å². The third-order valence-electron chi connectivity index (χ3n) is 5.52. The lowest BCUT2D eigenvalue weighted by molar-refractivity contribution is 0.0119. The third kappa shape index (κ3) is 3.96. The van der Waals surface area contributed by atoms with Gasteiger partial charge in [0.25, 0.3) is 5.91 Å². The monoisotopic (exact) mass is 345 g/mol. The molecule has 0 spiro atoms. The van der Waals surface area contributed by atoms with Gasteiger partial charge >= 0.3 is 0 Å². The van der Waals surface area contributed by atoms with Crippen LogP contribution in [0.2, 0.25) is 0 Å². The van der Waals surface area contributed by atoms with E-state index in [2.05, 4.69) is 16.8 Å². The number of nitrogens with zero attached hydrogens (tertiary/aromatic N) is 3. The molecule has 2 atom stereocenters. The predicted molar refractivity (Wildman–Crippen MR) is 93.7 cm³/mol. The highest BCUT2D eigenvalue weighted by Crippen LogP contribution is 2.29. The largest absolute Gasteiger partial charge is 0.477 e. The second-order valence-corrected chi connectivity index (χ2v) is 7.54. The lowest BCUT2D eigenvalue weighted by Gasteiger charge is -2.33. The predicted octanol–water partition coefficient (Wildman–Crippen LogP) is 1.66. The van der Waals surface area contributed by atoms with Crippen LogP contribution in [0.5, 0.6) is 5.88 Å². The first-order valence-corrected chi connectivity index (χ1v) is 9.40. The van der Waals surface area contributed by atoms with Crippen molar-refractivity contribution in [1.82, 2.24) is 14.8 Å². The molecule has 6 nitrogen and oxygen atoms in total. The number of ether oxygens (including phenoxy) is 2. The van der Waals surface area contributed by atoms with Crippen molar-refractivity contribution in [3.63, 3.8) is 0 Å². The summed E-state index contributed by atoms with van der Waals surface area (Å²) >= 11 is 0. The summed E-state index contributed by atoms with van der Waals surface area (Å²) in [6.07, 6.45) is 4.17. The maximum Gasteiger partial charge on any atom is 0.255 e. The lowest BCUT2D eigenvalue weighted by Crippen LogP contribution is -2.47. The van der Waals surface area contributed by atoms with E-state index in [1.165, 1.54) is 12.8 Å². The fourth-order valence-electron chi connectivity index (χ4n) is 3.76. The molecule has 0 aromatic carbocycles. The number of hydrogen-bond donors (Lipinski definition) is 0. The summed E-state index contributed by atoms with van der Waals surface area (Å²) in [6.45, 7) is 8.09. The molecule has 1 aliphatic carbocycles. The fraction of sp³-hybridized carbons (Fsp3) is 0.684. The zero-order valence-corrected chi connectivity index (χ0v) is 14.9. The Balaban J connectivity index is 1.35. The lowest BCUT2D eigenvalue weighted by atomic mass is 10.0. The molecule has 3 aliphatic rings. The third-order valence-corrected chi connectivity index (χ3v) is 5.52. The van der Waals surface area contributed by atoms with E-state index in [4.69, 9.17) is 9.47 Å². The minimum atomic E-state index is 0.0730. The van der Waals surface area contributed by atoms with Gasteiger partial charge in [0.05, 0.1) is 25.4 Å². The van der Waals surface area contributed by atoms with Gasteiger partial charge in [0.2, 0.25) is 5.88 Å². The van der Waals surface area contributed by atoms with Crippen LogP contribution in [0.1, 0.15) is 30.1 Å². The smallest absolute Gasteiger partial charge is 0.255 e. The summed E-state index contributed by atoms with van der Waals surface area (Å²) in [5.41, 5.74) is 0.647. The van der Waals surface area contributed by atoms with Crippen molar-refractivity contribution in [2.24, 2.45) is 11.8 Å². The molecular weight excluding hydrogens is 318 g/mol. The second-order valence-electron chi connectivity index (χ2n) is 7.54. The maximum atomic E-state index is 12.8. The first kappa shape index (κ1) is 16.8. The summed E-state index contributed by atoms with van der Waals surface area (Å²) in [6, 6.07) is 4.08. The zero-order valence-electron chi connectivity index (χ0n) is 14.9. The van der Waals surface area contributed by atoms with Gasteiger partial charge in [0.15, 0.2) is 0 Å². The molecule has 2 saturated heterocycles. The Kier molecular flexibility index (Phi) is 4.90. The molecule has 136 valence electrons. The first-order chi connectivity index (χ1) is 12.2. The van der Waals surface area contributed by atoms with Gasteiger partial charge in [-0.1, -0.05) is 6.92 Å². The van der Waals surface area contributed by atoms with Crippen LogP contribution in [-0.2, 0) is 4.74 Å². The number of carbonyl (C=O) groups excluding carboxylic acids is 1. The average molecular weight is 345 g/mol. The molecule has 2 aliphatic heterocycles. The van der Waals surface area contributed by atoms with Crippen molar-refractivity contribution >= 4 is 5.91 Å². The number of morpholine rings is 1. The number of likely N-dealkylation sites (tertiary alicyclic amines) is 1. The molecule has 1 aromatic rings. The highest BCUT2D eigenvalue weighted by Gasteiger charge is 2.36. The van der Waals surface area contributed by atoms with Crippen LogP contribution < -0.4 is 4.74 Å². The number of carbonyl (C=O) groups is 1. The molecule has 0 bridgehead atoms. The highest BCUT2D eigenvalue weighted by atomic mass is 16.5. The molecule has 4 rings (SSSR count). The Labute approximate surface area is 149 Å². The fourth-order valence-corrected chi connectivity index (χ4v) is 3.76. The number of hydrogen-bond acceptors (Lipinski definition) is 5.